The third kappa shape index (κ3) is 6.01. The third-order valence-corrected chi connectivity index (χ3v) is 14.4. The van der Waals surface area contributed by atoms with Crippen LogP contribution in [-0.2, 0) is 24.4 Å². The number of halogens is 2. The van der Waals surface area contributed by atoms with Gasteiger partial charge >= 0.3 is 257 Å². The average molecular weight is 787 g/mol. The Balaban J connectivity index is 0.00000202. The first-order valence-electron chi connectivity index (χ1n) is 14.3. The van der Waals surface area contributed by atoms with E-state index in [1.807, 2.05) is 0 Å². The van der Waals surface area contributed by atoms with Crippen LogP contribution >= 0.6 is 0 Å². The Morgan fingerprint density at radius 3 is 1.60 bits per heavy atom. The molecule has 0 heterocycles. The Labute approximate surface area is 280 Å². The Bertz CT molecular complexity index is 1860. The monoisotopic (exact) mass is 787 g/mol. The van der Waals surface area contributed by atoms with Crippen molar-refractivity contribution in [3.63, 3.8) is 0 Å². The van der Waals surface area contributed by atoms with Crippen LogP contribution in [0.5, 0.6) is 0 Å². The molecule has 0 aromatic heterocycles. The third-order valence-electron chi connectivity index (χ3n) is 8.38. The summed E-state index contributed by atoms with van der Waals surface area (Å²) in [6.45, 7) is 14.6. The van der Waals surface area contributed by atoms with Crippen LogP contribution in [0.25, 0.3) is 14.5 Å². The van der Waals surface area contributed by atoms with E-state index in [1.54, 1.807) is 0 Å². The second-order valence-corrected chi connectivity index (χ2v) is 25.1. The van der Waals surface area contributed by atoms with E-state index in [-0.39, 0.29) is 24.8 Å². The topological polar surface area (TPSA) is 0 Å². The first-order valence-corrected chi connectivity index (χ1v) is 23.1. The molecule has 0 amide bonds. The largest absolute Gasteiger partial charge is 1.00 e. The van der Waals surface area contributed by atoms with Crippen LogP contribution in [0.2, 0.25) is 39.3 Å². The van der Waals surface area contributed by atoms with Crippen LogP contribution in [-0.4, -0.2) is 16.1 Å². The molecule has 42 heavy (non-hydrogen) atoms. The Hall–Kier alpha value is -2.02. The molecule has 0 saturated heterocycles. The average Bonchev–Trinajstić information content (AvgIpc) is 3.56. The Morgan fingerprint density at radius 2 is 1.12 bits per heavy atom. The summed E-state index contributed by atoms with van der Waals surface area (Å²) in [7, 11) is -2.78. The molecule has 4 aromatic carbocycles. The maximum absolute atomic E-state index is 2.43. The van der Waals surface area contributed by atoms with Crippen molar-refractivity contribution in [1.82, 2.24) is 0 Å². The van der Waals surface area contributed by atoms with Gasteiger partial charge in [0.25, 0.3) is 0 Å². The molecule has 211 valence electrons. The summed E-state index contributed by atoms with van der Waals surface area (Å²) < 4.78 is 1.53. The van der Waals surface area contributed by atoms with Gasteiger partial charge in [0.1, 0.15) is 0 Å². The van der Waals surface area contributed by atoms with E-state index in [2.05, 4.69) is 142 Å². The van der Waals surface area contributed by atoms with E-state index in [0.717, 1.165) is 30.8 Å². The van der Waals surface area contributed by atoms with Crippen molar-refractivity contribution in [2.75, 3.05) is 0 Å². The molecule has 0 spiro atoms. The van der Waals surface area contributed by atoms with Gasteiger partial charge in [-0.05, 0) is 0 Å². The van der Waals surface area contributed by atoms with Gasteiger partial charge in [0.05, 0.1) is 0 Å². The molecule has 0 aliphatic heterocycles. The van der Waals surface area contributed by atoms with E-state index >= 15 is 0 Å². The quantitative estimate of drug-likeness (QED) is 0.262. The van der Waals surface area contributed by atoms with Gasteiger partial charge in [-0.1, -0.05) is 0 Å². The fourth-order valence-electron chi connectivity index (χ4n) is 6.08. The van der Waals surface area contributed by atoms with Crippen molar-refractivity contribution in [3.05, 3.63) is 146 Å². The smallest absolute Gasteiger partial charge is 1.00 e. The van der Waals surface area contributed by atoms with Crippen molar-refractivity contribution >= 4 is 41.0 Å². The zero-order chi connectivity index (χ0) is 28.2. The van der Waals surface area contributed by atoms with E-state index < -0.39 is 16.1 Å². The molecular formula is C37H37Cl2HfSi2. The predicted molar refractivity (Wildman–Crippen MR) is 175 cm³/mol. The number of hydrogen-bond donors (Lipinski definition) is 0. The number of fused-ring (bicyclic) bond motifs is 2. The van der Waals surface area contributed by atoms with E-state index in [0.29, 0.717) is 0 Å². The molecular weight excluding hydrogens is 750 g/mol. The molecule has 4 aromatic rings. The zero-order valence-corrected chi connectivity index (χ0v) is 32.4. The van der Waals surface area contributed by atoms with Gasteiger partial charge in [0.15, 0.2) is 0 Å². The first kappa shape index (κ1) is 32.9. The van der Waals surface area contributed by atoms with Gasteiger partial charge in [0, 0.05) is 0 Å². The molecule has 0 radical (unpaired) electrons. The normalized spacial score (nSPS) is 13.6. The van der Waals surface area contributed by atoms with Crippen LogP contribution in [0.4, 0.5) is 0 Å². The summed E-state index contributed by atoms with van der Waals surface area (Å²) in [6.07, 6.45) is 7.87. The Kier molecular flexibility index (Phi) is 9.82. The molecule has 0 fully saturated rings. The summed E-state index contributed by atoms with van der Waals surface area (Å²) in [5.74, 6) is 0. The van der Waals surface area contributed by atoms with Crippen LogP contribution in [0.3, 0.4) is 0 Å². The maximum atomic E-state index is 2.43. The standard InChI is InChI=1S/C37H37Si2.2ClH.Hf/c1-38(2,3)30-19-15-27(16-20-30)36(28-17-21-31(22-18-28)39(4,5)6)34-24-23-33-32-14-10-9-13-29(32)25-35(33)37(34)26-11-7-8-12-26;;;/h7-11,13-24H,12H2,1-6H3;2*1H;/q;;;+2/p-2. The molecule has 0 atom stereocenters. The Morgan fingerprint density at radius 1 is 0.595 bits per heavy atom. The van der Waals surface area contributed by atoms with Crippen molar-refractivity contribution in [3.8, 4) is 0 Å². The fourth-order valence-corrected chi connectivity index (χ4v) is 10.1. The molecule has 0 nitrogen and oxygen atoms in total. The predicted octanol–water partition coefficient (Wildman–Crippen LogP) is 0.679. The molecule has 0 saturated carbocycles. The maximum Gasteiger partial charge on any atom is -1.00 e. The van der Waals surface area contributed by atoms with Gasteiger partial charge in [0.2, 0.25) is 0 Å². The van der Waals surface area contributed by atoms with E-state index in [1.165, 1.54) is 68.0 Å². The molecule has 2 aliphatic rings. The number of rotatable bonds is 5. The van der Waals surface area contributed by atoms with Gasteiger partial charge in [-0.15, -0.1) is 0 Å². The summed E-state index contributed by atoms with van der Waals surface area (Å²) in [5, 5.41) is 8.59. The number of allylic oxidation sites excluding steroid dienone is 4. The van der Waals surface area contributed by atoms with Crippen LogP contribution < -0.4 is 45.6 Å². The summed E-state index contributed by atoms with van der Waals surface area (Å²) in [4.78, 5) is 0. The minimum Gasteiger partial charge on any atom is -1.00 e. The van der Waals surface area contributed by atoms with Crippen molar-refractivity contribution in [2.24, 2.45) is 0 Å². The minimum atomic E-state index is -1.39. The second-order valence-electron chi connectivity index (χ2n) is 13.2. The van der Waals surface area contributed by atoms with E-state index in [9.17, 15) is 0 Å². The summed E-state index contributed by atoms with van der Waals surface area (Å²) in [6, 6.07) is 32.9. The molecule has 0 unspecified atom stereocenters. The van der Waals surface area contributed by atoms with Crippen molar-refractivity contribution in [1.29, 1.82) is 0 Å². The van der Waals surface area contributed by atoms with Gasteiger partial charge in [-0.25, -0.2) is 0 Å². The minimum absolute atomic E-state index is 0. The molecule has 0 N–H and O–H groups in total. The second kappa shape index (κ2) is 12.5. The molecule has 6 rings (SSSR count). The van der Waals surface area contributed by atoms with Crippen molar-refractivity contribution in [2.45, 2.75) is 45.7 Å². The molecule has 2 aliphatic carbocycles. The van der Waals surface area contributed by atoms with Crippen LogP contribution in [0, 0.1) is 10.4 Å². The fraction of sp³-hybridized carbons (Fsp3) is 0.189. The number of benzene rings is 4. The van der Waals surface area contributed by atoms with E-state index in [4.69, 9.17) is 0 Å². The van der Waals surface area contributed by atoms with Crippen LogP contribution in [0.15, 0.2) is 103 Å². The van der Waals surface area contributed by atoms with Gasteiger partial charge in [-0.3, -0.25) is 0 Å². The number of hydrogen-bond acceptors (Lipinski definition) is 0. The first-order chi connectivity index (χ1) is 19.0. The SMILES string of the molecule is C[Si](C)(C)c1ccc(C(c2ccc([Si](C)(C)C)cc2)=c2ccc3c(c2C2=CC=CC2)[C]([Hf+2])=c2ccccc2=3)cc1.[Cl-].[Cl-]. The van der Waals surface area contributed by atoms with Gasteiger partial charge < -0.3 is 24.8 Å². The van der Waals surface area contributed by atoms with Crippen LogP contribution in [0.1, 0.15) is 28.7 Å². The molecule has 5 heteroatoms. The summed E-state index contributed by atoms with van der Waals surface area (Å²) >= 11 is 1.02. The van der Waals surface area contributed by atoms with Gasteiger partial charge in [-0.2, -0.15) is 0 Å². The zero-order valence-electron chi connectivity index (χ0n) is 25.3. The van der Waals surface area contributed by atoms with Crippen molar-refractivity contribution < 1.29 is 49.2 Å². The summed E-state index contributed by atoms with van der Waals surface area (Å²) in [5.41, 5.74) is 8.29. The molecule has 0 bridgehead atoms.